The maximum atomic E-state index is 11.5. The van der Waals surface area contributed by atoms with Gasteiger partial charge in [-0.25, -0.2) is 0 Å². The number of carbonyl (C=O) groups excluding carboxylic acids is 1. The molecular weight excluding hydrogens is 196 g/mol. The SMILES string of the molecule is CC(O)(CO)CNCC(=O)N1CCCC1. The largest absolute Gasteiger partial charge is 0.393 e. The van der Waals surface area contributed by atoms with Crippen LogP contribution < -0.4 is 5.32 Å². The zero-order valence-electron chi connectivity index (χ0n) is 9.20. The molecule has 5 nitrogen and oxygen atoms in total. The average molecular weight is 216 g/mol. The number of amides is 1. The van der Waals surface area contributed by atoms with Crippen LogP contribution in [-0.4, -0.2) is 59.4 Å². The van der Waals surface area contributed by atoms with Crippen LogP contribution in [0, 0.1) is 0 Å². The first kappa shape index (κ1) is 12.4. The van der Waals surface area contributed by atoms with E-state index in [0.717, 1.165) is 25.9 Å². The van der Waals surface area contributed by atoms with E-state index in [4.69, 9.17) is 5.11 Å². The minimum atomic E-state index is -1.15. The normalized spacial score (nSPS) is 20.3. The molecule has 0 saturated carbocycles. The summed E-state index contributed by atoms with van der Waals surface area (Å²) in [6, 6.07) is 0. The van der Waals surface area contributed by atoms with Crippen molar-refractivity contribution >= 4 is 5.91 Å². The molecule has 0 spiro atoms. The van der Waals surface area contributed by atoms with Gasteiger partial charge in [-0.1, -0.05) is 0 Å². The number of nitrogens with zero attached hydrogens (tertiary/aromatic N) is 1. The van der Waals surface area contributed by atoms with Gasteiger partial charge in [-0.3, -0.25) is 4.79 Å². The summed E-state index contributed by atoms with van der Waals surface area (Å²) in [6.07, 6.45) is 2.17. The molecule has 1 amide bonds. The van der Waals surface area contributed by atoms with Crippen molar-refractivity contribution in [1.29, 1.82) is 0 Å². The van der Waals surface area contributed by atoms with Crippen LogP contribution in [0.2, 0.25) is 0 Å². The molecule has 0 aromatic heterocycles. The molecule has 1 aliphatic heterocycles. The Morgan fingerprint density at radius 1 is 1.47 bits per heavy atom. The number of likely N-dealkylation sites (tertiary alicyclic amines) is 1. The fourth-order valence-electron chi connectivity index (χ4n) is 1.57. The van der Waals surface area contributed by atoms with E-state index in [1.54, 1.807) is 0 Å². The lowest BCUT2D eigenvalue weighted by Gasteiger charge is -2.21. The fourth-order valence-corrected chi connectivity index (χ4v) is 1.57. The van der Waals surface area contributed by atoms with Gasteiger partial charge in [0.05, 0.1) is 18.8 Å². The molecule has 1 fully saturated rings. The molecule has 15 heavy (non-hydrogen) atoms. The summed E-state index contributed by atoms with van der Waals surface area (Å²) >= 11 is 0. The highest BCUT2D eigenvalue weighted by Gasteiger charge is 2.21. The number of aliphatic hydroxyl groups is 2. The molecule has 0 bridgehead atoms. The molecule has 3 N–H and O–H groups in total. The third-order valence-electron chi connectivity index (χ3n) is 2.58. The van der Waals surface area contributed by atoms with E-state index >= 15 is 0 Å². The second-order valence-corrected chi connectivity index (χ2v) is 4.35. The van der Waals surface area contributed by atoms with Gasteiger partial charge in [0.25, 0.3) is 0 Å². The Kier molecular flexibility index (Phi) is 4.50. The van der Waals surface area contributed by atoms with Crippen LogP contribution in [0.5, 0.6) is 0 Å². The van der Waals surface area contributed by atoms with Crippen LogP contribution in [0.15, 0.2) is 0 Å². The quantitative estimate of drug-likeness (QED) is 0.548. The molecule has 5 heteroatoms. The number of hydrogen-bond donors (Lipinski definition) is 3. The minimum Gasteiger partial charge on any atom is -0.393 e. The highest BCUT2D eigenvalue weighted by molar-refractivity contribution is 5.78. The zero-order chi connectivity index (χ0) is 11.3. The van der Waals surface area contributed by atoms with Crippen molar-refractivity contribution in [2.24, 2.45) is 0 Å². The van der Waals surface area contributed by atoms with Crippen LogP contribution in [0.1, 0.15) is 19.8 Å². The first-order chi connectivity index (χ1) is 7.05. The van der Waals surface area contributed by atoms with Crippen LogP contribution in [-0.2, 0) is 4.79 Å². The molecular formula is C10H20N2O3. The van der Waals surface area contributed by atoms with Crippen molar-refractivity contribution in [1.82, 2.24) is 10.2 Å². The van der Waals surface area contributed by atoms with Gasteiger partial charge in [0.1, 0.15) is 0 Å². The van der Waals surface area contributed by atoms with Gasteiger partial charge in [-0.15, -0.1) is 0 Å². The zero-order valence-corrected chi connectivity index (χ0v) is 9.20. The summed E-state index contributed by atoms with van der Waals surface area (Å²) in [5.74, 6) is 0.0706. The Labute approximate surface area is 90.1 Å². The molecule has 1 heterocycles. The molecule has 1 unspecified atom stereocenters. The molecule has 0 radical (unpaired) electrons. The number of rotatable bonds is 5. The van der Waals surface area contributed by atoms with Crippen LogP contribution in [0.25, 0.3) is 0 Å². The lowest BCUT2D eigenvalue weighted by Crippen LogP contribution is -2.45. The third-order valence-corrected chi connectivity index (χ3v) is 2.58. The van der Waals surface area contributed by atoms with Crippen molar-refractivity contribution in [2.45, 2.75) is 25.4 Å². The second-order valence-electron chi connectivity index (χ2n) is 4.35. The smallest absolute Gasteiger partial charge is 0.236 e. The summed E-state index contributed by atoms with van der Waals surface area (Å²) < 4.78 is 0. The van der Waals surface area contributed by atoms with E-state index in [0.29, 0.717) is 0 Å². The van der Waals surface area contributed by atoms with Gasteiger partial charge >= 0.3 is 0 Å². The van der Waals surface area contributed by atoms with Crippen LogP contribution in [0.3, 0.4) is 0 Å². The van der Waals surface area contributed by atoms with Gasteiger partial charge in [-0.2, -0.15) is 0 Å². The van der Waals surface area contributed by atoms with E-state index < -0.39 is 5.60 Å². The van der Waals surface area contributed by atoms with E-state index in [1.165, 1.54) is 6.92 Å². The van der Waals surface area contributed by atoms with Gasteiger partial charge in [0, 0.05) is 19.6 Å². The predicted octanol–water partition coefficient (Wildman–Crippen LogP) is -1.06. The van der Waals surface area contributed by atoms with Crippen molar-refractivity contribution < 1.29 is 15.0 Å². The molecule has 0 aliphatic carbocycles. The molecule has 1 saturated heterocycles. The van der Waals surface area contributed by atoms with Crippen molar-refractivity contribution in [3.05, 3.63) is 0 Å². The van der Waals surface area contributed by atoms with Crippen molar-refractivity contribution in [3.8, 4) is 0 Å². The third kappa shape index (κ3) is 4.15. The summed E-state index contributed by atoms with van der Waals surface area (Å²) in [7, 11) is 0. The highest BCUT2D eigenvalue weighted by Crippen LogP contribution is 2.06. The molecule has 1 aliphatic rings. The van der Waals surface area contributed by atoms with E-state index in [1.807, 2.05) is 4.90 Å². The van der Waals surface area contributed by atoms with Crippen LogP contribution in [0.4, 0.5) is 0 Å². The number of carbonyl (C=O) groups is 1. The van der Waals surface area contributed by atoms with E-state index in [-0.39, 0.29) is 25.6 Å². The van der Waals surface area contributed by atoms with Crippen molar-refractivity contribution in [2.75, 3.05) is 32.8 Å². The number of aliphatic hydroxyl groups excluding tert-OH is 1. The van der Waals surface area contributed by atoms with Gasteiger partial charge in [-0.05, 0) is 19.8 Å². The Balaban J connectivity index is 2.16. The molecule has 1 atom stereocenters. The Hall–Kier alpha value is -0.650. The monoisotopic (exact) mass is 216 g/mol. The van der Waals surface area contributed by atoms with Crippen molar-refractivity contribution in [3.63, 3.8) is 0 Å². The Morgan fingerprint density at radius 2 is 2.07 bits per heavy atom. The molecule has 88 valence electrons. The maximum absolute atomic E-state index is 11.5. The summed E-state index contributed by atoms with van der Waals surface area (Å²) in [5.41, 5.74) is -1.15. The molecule has 0 aromatic rings. The molecule has 0 aromatic carbocycles. The van der Waals surface area contributed by atoms with Crippen LogP contribution >= 0.6 is 0 Å². The fraction of sp³-hybridized carbons (Fsp3) is 0.900. The topological polar surface area (TPSA) is 72.8 Å². The van der Waals surface area contributed by atoms with E-state index in [2.05, 4.69) is 5.32 Å². The maximum Gasteiger partial charge on any atom is 0.236 e. The minimum absolute atomic E-state index is 0.0706. The van der Waals surface area contributed by atoms with Gasteiger partial charge < -0.3 is 20.4 Å². The van der Waals surface area contributed by atoms with Gasteiger partial charge in [0.15, 0.2) is 0 Å². The number of hydrogen-bond acceptors (Lipinski definition) is 4. The standard InChI is InChI=1S/C10H20N2O3/c1-10(15,8-13)7-11-6-9(14)12-4-2-3-5-12/h11,13,15H,2-8H2,1H3. The first-order valence-electron chi connectivity index (χ1n) is 5.37. The predicted molar refractivity (Wildman–Crippen MR) is 56.4 cm³/mol. The Bertz CT molecular complexity index is 213. The summed E-state index contributed by atoms with van der Waals surface area (Å²) in [6.45, 7) is 3.37. The second kappa shape index (κ2) is 5.44. The average Bonchev–Trinajstić information content (AvgIpc) is 2.70. The summed E-state index contributed by atoms with van der Waals surface area (Å²) in [5, 5.41) is 21.1. The first-order valence-corrected chi connectivity index (χ1v) is 5.37. The lowest BCUT2D eigenvalue weighted by molar-refractivity contribution is -0.129. The number of nitrogens with one attached hydrogen (secondary N) is 1. The van der Waals surface area contributed by atoms with Gasteiger partial charge in [0.2, 0.25) is 5.91 Å². The lowest BCUT2D eigenvalue weighted by atomic mass is 10.1. The highest BCUT2D eigenvalue weighted by atomic mass is 16.3. The summed E-state index contributed by atoms with van der Waals surface area (Å²) in [4.78, 5) is 13.4. The van der Waals surface area contributed by atoms with E-state index in [9.17, 15) is 9.90 Å². The molecule has 1 rings (SSSR count). The Morgan fingerprint density at radius 3 is 2.60 bits per heavy atom.